The average Bonchev–Trinajstić information content (AvgIpc) is 2.95. The molecule has 1 N–H and O–H groups in total. The number of ether oxygens (including phenoxy) is 1. The maximum absolute atomic E-state index is 12.2. The van der Waals surface area contributed by atoms with E-state index in [1.165, 1.54) is 0 Å². The fourth-order valence-corrected chi connectivity index (χ4v) is 3.02. The van der Waals surface area contributed by atoms with E-state index in [1.807, 2.05) is 18.7 Å². The van der Waals surface area contributed by atoms with Gasteiger partial charge in [-0.05, 0) is 26.7 Å². The van der Waals surface area contributed by atoms with Gasteiger partial charge in [-0.1, -0.05) is 12.8 Å². The minimum atomic E-state index is 0.100. The summed E-state index contributed by atoms with van der Waals surface area (Å²) in [6.45, 7) is 5.68. The van der Waals surface area contributed by atoms with Crippen LogP contribution in [0.2, 0.25) is 0 Å². The van der Waals surface area contributed by atoms with Gasteiger partial charge in [-0.2, -0.15) is 0 Å². The number of amides is 2. The van der Waals surface area contributed by atoms with Crippen LogP contribution in [0.15, 0.2) is 0 Å². The minimum absolute atomic E-state index is 0.100. The minimum Gasteiger partial charge on any atom is -0.375 e. The highest BCUT2D eigenvalue weighted by molar-refractivity contribution is 5.80. The van der Waals surface area contributed by atoms with E-state index in [4.69, 9.17) is 4.74 Å². The summed E-state index contributed by atoms with van der Waals surface area (Å²) in [5.41, 5.74) is 0. The lowest BCUT2D eigenvalue weighted by Gasteiger charge is -2.36. The van der Waals surface area contributed by atoms with E-state index in [0.29, 0.717) is 26.1 Å². The first-order valence-electron chi connectivity index (χ1n) is 7.76. The summed E-state index contributed by atoms with van der Waals surface area (Å²) in [7, 11) is 0. The van der Waals surface area contributed by atoms with E-state index in [-0.39, 0.29) is 29.9 Å². The molecule has 20 heavy (non-hydrogen) atoms. The summed E-state index contributed by atoms with van der Waals surface area (Å²) in [6, 6.07) is 0.129. The van der Waals surface area contributed by atoms with Crippen LogP contribution in [-0.4, -0.2) is 48.6 Å². The van der Waals surface area contributed by atoms with Crippen molar-refractivity contribution >= 4 is 11.8 Å². The molecule has 0 aromatic rings. The monoisotopic (exact) mass is 282 g/mol. The zero-order chi connectivity index (χ0) is 14.5. The molecule has 2 rings (SSSR count). The molecule has 0 radical (unpaired) electrons. The quantitative estimate of drug-likeness (QED) is 0.846. The molecule has 0 aromatic carbocycles. The Bertz CT molecular complexity index is 353. The molecular weight excluding hydrogens is 256 g/mol. The average molecular weight is 282 g/mol. The molecule has 1 saturated carbocycles. The molecule has 2 atom stereocenters. The van der Waals surface area contributed by atoms with Crippen molar-refractivity contribution < 1.29 is 14.3 Å². The molecule has 2 fully saturated rings. The van der Waals surface area contributed by atoms with Gasteiger partial charge < -0.3 is 15.0 Å². The Morgan fingerprint density at radius 2 is 1.95 bits per heavy atom. The number of hydrogen-bond donors (Lipinski definition) is 1. The lowest BCUT2D eigenvalue weighted by Crippen LogP contribution is -2.50. The summed E-state index contributed by atoms with van der Waals surface area (Å²) in [4.78, 5) is 25.9. The normalized spacial score (nSPS) is 27.6. The first-order chi connectivity index (χ1) is 9.58. The van der Waals surface area contributed by atoms with E-state index >= 15 is 0 Å². The number of morpholine rings is 1. The molecule has 0 bridgehead atoms. The fraction of sp³-hybridized carbons (Fsp3) is 0.867. The lowest BCUT2D eigenvalue weighted by molar-refractivity contribution is -0.143. The summed E-state index contributed by atoms with van der Waals surface area (Å²) in [5.74, 6) is 0.408. The number of rotatable bonds is 4. The van der Waals surface area contributed by atoms with Crippen LogP contribution in [0.1, 0.15) is 46.0 Å². The number of carbonyl (C=O) groups is 2. The summed E-state index contributed by atoms with van der Waals surface area (Å²) >= 11 is 0. The van der Waals surface area contributed by atoms with Gasteiger partial charge in [0, 0.05) is 25.4 Å². The summed E-state index contributed by atoms with van der Waals surface area (Å²) < 4.78 is 5.52. The van der Waals surface area contributed by atoms with Crippen molar-refractivity contribution in [2.24, 2.45) is 5.92 Å². The Balaban J connectivity index is 1.70. The van der Waals surface area contributed by atoms with Crippen LogP contribution in [-0.2, 0) is 14.3 Å². The van der Waals surface area contributed by atoms with Crippen molar-refractivity contribution in [1.82, 2.24) is 10.2 Å². The molecule has 0 unspecified atom stereocenters. The third-order valence-electron chi connectivity index (χ3n) is 4.29. The van der Waals surface area contributed by atoms with Gasteiger partial charge in [-0.15, -0.1) is 0 Å². The zero-order valence-corrected chi connectivity index (χ0v) is 12.6. The summed E-state index contributed by atoms with van der Waals surface area (Å²) in [5, 5.41) is 2.90. The molecule has 5 heteroatoms. The molecule has 1 heterocycles. The first kappa shape index (κ1) is 15.3. The third kappa shape index (κ3) is 3.95. The lowest BCUT2D eigenvalue weighted by atomic mass is 10.1. The Morgan fingerprint density at radius 3 is 2.65 bits per heavy atom. The standard InChI is InChI=1S/C15H26N2O3/c1-11-10-20-12(2)9-17(11)14(18)7-8-16-15(19)13-5-3-4-6-13/h11-13H,3-10H2,1-2H3,(H,16,19)/t11-,12-/m1/s1. The molecule has 5 nitrogen and oxygen atoms in total. The van der Waals surface area contributed by atoms with E-state index in [0.717, 1.165) is 25.7 Å². The van der Waals surface area contributed by atoms with Crippen molar-refractivity contribution in [2.75, 3.05) is 19.7 Å². The van der Waals surface area contributed by atoms with Gasteiger partial charge >= 0.3 is 0 Å². The van der Waals surface area contributed by atoms with Crippen molar-refractivity contribution in [2.45, 2.75) is 58.1 Å². The van der Waals surface area contributed by atoms with Gasteiger partial charge in [-0.25, -0.2) is 0 Å². The van der Waals surface area contributed by atoms with Crippen LogP contribution in [0.3, 0.4) is 0 Å². The predicted molar refractivity (Wildman–Crippen MR) is 76.2 cm³/mol. The van der Waals surface area contributed by atoms with Crippen LogP contribution in [0.4, 0.5) is 0 Å². The first-order valence-corrected chi connectivity index (χ1v) is 7.76. The molecule has 1 aliphatic heterocycles. The Kier molecular flexibility index (Phi) is 5.40. The number of nitrogens with zero attached hydrogens (tertiary/aromatic N) is 1. The topological polar surface area (TPSA) is 58.6 Å². The van der Waals surface area contributed by atoms with Gasteiger partial charge in [0.05, 0.1) is 18.8 Å². The number of carbonyl (C=O) groups excluding carboxylic acids is 2. The maximum Gasteiger partial charge on any atom is 0.224 e. The van der Waals surface area contributed by atoms with Gasteiger partial charge in [0.2, 0.25) is 11.8 Å². The molecule has 2 amide bonds. The number of hydrogen-bond acceptors (Lipinski definition) is 3. The van der Waals surface area contributed by atoms with Crippen molar-refractivity contribution in [3.63, 3.8) is 0 Å². The molecule has 2 aliphatic rings. The van der Waals surface area contributed by atoms with Gasteiger partial charge in [0.15, 0.2) is 0 Å². The Labute approximate surface area is 121 Å². The predicted octanol–water partition coefficient (Wildman–Crippen LogP) is 1.32. The molecule has 1 aliphatic carbocycles. The van der Waals surface area contributed by atoms with Gasteiger partial charge in [0.1, 0.15) is 0 Å². The second kappa shape index (κ2) is 7.07. The van der Waals surface area contributed by atoms with Crippen LogP contribution >= 0.6 is 0 Å². The highest BCUT2D eigenvalue weighted by Gasteiger charge is 2.27. The third-order valence-corrected chi connectivity index (χ3v) is 4.29. The molecule has 0 spiro atoms. The molecule has 114 valence electrons. The summed E-state index contributed by atoms with van der Waals surface area (Å²) in [6.07, 6.45) is 4.79. The Morgan fingerprint density at radius 1 is 1.25 bits per heavy atom. The molecule has 0 aromatic heterocycles. The zero-order valence-electron chi connectivity index (χ0n) is 12.6. The van der Waals surface area contributed by atoms with Crippen LogP contribution in [0.5, 0.6) is 0 Å². The van der Waals surface area contributed by atoms with E-state index in [1.54, 1.807) is 0 Å². The van der Waals surface area contributed by atoms with Gasteiger partial charge in [-0.3, -0.25) is 9.59 Å². The SMILES string of the molecule is C[C@@H]1CN(C(=O)CCNC(=O)C2CCCC2)[C@H](C)CO1. The molecule has 1 saturated heterocycles. The maximum atomic E-state index is 12.2. The molecular formula is C15H26N2O3. The largest absolute Gasteiger partial charge is 0.375 e. The van der Waals surface area contributed by atoms with Crippen LogP contribution in [0, 0.1) is 5.92 Å². The highest BCUT2D eigenvalue weighted by atomic mass is 16.5. The van der Waals surface area contributed by atoms with Crippen LogP contribution < -0.4 is 5.32 Å². The van der Waals surface area contributed by atoms with Crippen molar-refractivity contribution in [1.29, 1.82) is 0 Å². The van der Waals surface area contributed by atoms with E-state index < -0.39 is 0 Å². The van der Waals surface area contributed by atoms with E-state index in [9.17, 15) is 9.59 Å². The van der Waals surface area contributed by atoms with Crippen LogP contribution in [0.25, 0.3) is 0 Å². The fourth-order valence-electron chi connectivity index (χ4n) is 3.02. The van der Waals surface area contributed by atoms with Crippen molar-refractivity contribution in [3.05, 3.63) is 0 Å². The highest BCUT2D eigenvalue weighted by Crippen LogP contribution is 2.24. The van der Waals surface area contributed by atoms with E-state index in [2.05, 4.69) is 5.32 Å². The van der Waals surface area contributed by atoms with Crippen molar-refractivity contribution in [3.8, 4) is 0 Å². The smallest absolute Gasteiger partial charge is 0.224 e. The van der Waals surface area contributed by atoms with Gasteiger partial charge in [0.25, 0.3) is 0 Å². The number of nitrogens with one attached hydrogen (secondary N) is 1. The second-order valence-corrected chi connectivity index (χ2v) is 6.06. The Hall–Kier alpha value is -1.10. The second-order valence-electron chi connectivity index (χ2n) is 6.06.